The molecule has 0 bridgehead atoms. The van der Waals surface area contributed by atoms with Gasteiger partial charge < -0.3 is 5.11 Å². The van der Waals surface area contributed by atoms with E-state index in [2.05, 4.69) is 17.1 Å². The van der Waals surface area contributed by atoms with E-state index in [1.54, 1.807) is 6.07 Å². The standard InChI is InChI=1S/C19H23ClN2O2S/c1-2-3-4-5-9-12-16(25-19(23)24)15-13-17(20)21-22-18(15)14-10-7-6-8-11-14/h6-8,10-11,13,16H,2-5,9,12H2,1H3,(H,23,24). The van der Waals surface area contributed by atoms with Gasteiger partial charge in [-0.25, -0.2) is 4.79 Å². The van der Waals surface area contributed by atoms with Crippen molar-refractivity contribution in [3.05, 3.63) is 47.1 Å². The van der Waals surface area contributed by atoms with Crippen molar-refractivity contribution in [2.45, 2.75) is 50.7 Å². The SMILES string of the molecule is CCCCCCCC(SC(=O)O)c1cc(Cl)nnc1-c1ccccc1. The number of aromatic nitrogens is 2. The smallest absolute Gasteiger partial charge is 0.365 e. The number of nitrogens with zero attached hydrogens (tertiary/aromatic N) is 2. The zero-order valence-corrected chi connectivity index (χ0v) is 15.9. The van der Waals surface area contributed by atoms with Gasteiger partial charge in [0.25, 0.3) is 0 Å². The number of carboxylic acid groups (broad SMARTS) is 1. The number of unbranched alkanes of at least 4 members (excludes halogenated alkanes) is 4. The lowest BCUT2D eigenvalue weighted by Crippen LogP contribution is -2.04. The molecule has 134 valence electrons. The molecule has 1 N–H and O–H groups in total. The molecule has 0 amide bonds. The van der Waals surface area contributed by atoms with Crippen LogP contribution in [0.4, 0.5) is 4.79 Å². The van der Waals surface area contributed by atoms with Gasteiger partial charge in [-0.2, -0.15) is 0 Å². The Labute approximate surface area is 158 Å². The van der Waals surface area contributed by atoms with Crippen LogP contribution in [0.5, 0.6) is 0 Å². The van der Waals surface area contributed by atoms with Crippen LogP contribution in [0.25, 0.3) is 11.3 Å². The molecule has 0 aliphatic heterocycles. The molecule has 0 aliphatic rings. The maximum atomic E-state index is 11.3. The predicted molar refractivity (Wildman–Crippen MR) is 104 cm³/mol. The van der Waals surface area contributed by atoms with Crippen molar-refractivity contribution in [1.82, 2.24) is 10.2 Å². The lowest BCUT2D eigenvalue weighted by Gasteiger charge is -2.18. The van der Waals surface area contributed by atoms with Crippen LogP contribution in [-0.2, 0) is 0 Å². The van der Waals surface area contributed by atoms with Crippen molar-refractivity contribution in [2.24, 2.45) is 0 Å². The predicted octanol–water partition coefficient (Wildman–Crippen LogP) is 6.61. The molecule has 0 saturated heterocycles. The highest BCUT2D eigenvalue weighted by Crippen LogP contribution is 2.39. The van der Waals surface area contributed by atoms with E-state index in [0.717, 1.165) is 42.2 Å². The van der Waals surface area contributed by atoms with E-state index < -0.39 is 5.30 Å². The van der Waals surface area contributed by atoms with E-state index in [1.165, 1.54) is 19.3 Å². The molecule has 1 unspecified atom stereocenters. The quantitative estimate of drug-likeness (QED) is 0.497. The molecule has 0 saturated carbocycles. The molecular weight excluding hydrogens is 356 g/mol. The fraction of sp³-hybridized carbons (Fsp3) is 0.421. The average Bonchev–Trinajstić information content (AvgIpc) is 2.61. The van der Waals surface area contributed by atoms with Gasteiger partial charge >= 0.3 is 5.30 Å². The molecule has 2 aromatic rings. The zero-order chi connectivity index (χ0) is 18.1. The highest BCUT2D eigenvalue weighted by atomic mass is 35.5. The van der Waals surface area contributed by atoms with Gasteiger partial charge in [0, 0.05) is 10.8 Å². The summed E-state index contributed by atoms with van der Waals surface area (Å²) in [5.41, 5.74) is 2.47. The summed E-state index contributed by atoms with van der Waals surface area (Å²) in [6, 6.07) is 11.4. The van der Waals surface area contributed by atoms with Gasteiger partial charge in [0.15, 0.2) is 5.15 Å². The van der Waals surface area contributed by atoms with Gasteiger partial charge in [0.1, 0.15) is 0 Å². The Hall–Kier alpha value is -1.59. The Kier molecular flexibility index (Phi) is 8.22. The molecular formula is C19H23ClN2O2S. The minimum absolute atomic E-state index is 0.192. The molecule has 4 nitrogen and oxygen atoms in total. The maximum Gasteiger partial charge on any atom is 0.365 e. The van der Waals surface area contributed by atoms with Crippen LogP contribution in [0.2, 0.25) is 5.15 Å². The van der Waals surface area contributed by atoms with Gasteiger partial charge in [-0.1, -0.05) is 81.0 Å². The molecule has 1 aromatic carbocycles. The first-order valence-corrected chi connectivity index (χ1v) is 9.85. The van der Waals surface area contributed by atoms with Crippen LogP contribution in [0, 0.1) is 0 Å². The summed E-state index contributed by atoms with van der Waals surface area (Å²) in [4.78, 5) is 11.3. The number of hydrogen-bond acceptors (Lipinski definition) is 4. The fourth-order valence-electron chi connectivity index (χ4n) is 2.78. The third-order valence-electron chi connectivity index (χ3n) is 4.00. The van der Waals surface area contributed by atoms with Gasteiger partial charge in [-0.15, -0.1) is 10.2 Å². The molecule has 0 aliphatic carbocycles. The van der Waals surface area contributed by atoms with Crippen molar-refractivity contribution in [3.8, 4) is 11.3 Å². The van der Waals surface area contributed by atoms with Gasteiger partial charge in [-0.3, -0.25) is 0 Å². The minimum atomic E-state index is -0.884. The Morgan fingerprint density at radius 3 is 2.56 bits per heavy atom. The molecule has 1 heterocycles. The highest BCUT2D eigenvalue weighted by molar-refractivity contribution is 8.13. The van der Waals surface area contributed by atoms with E-state index in [9.17, 15) is 9.90 Å². The van der Waals surface area contributed by atoms with Crippen LogP contribution in [-0.4, -0.2) is 20.6 Å². The lowest BCUT2D eigenvalue weighted by atomic mass is 10.00. The molecule has 6 heteroatoms. The van der Waals surface area contributed by atoms with Crippen LogP contribution in [0.3, 0.4) is 0 Å². The largest absolute Gasteiger partial charge is 0.473 e. The van der Waals surface area contributed by atoms with Crippen LogP contribution in [0.1, 0.15) is 56.3 Å². The Balaban J connectivity index is 2.25. The van der Waals surface area contributed by atoms with Gasteiger partial charge in [-0.05, 0) is 29.8 Å². The lowest BCUT2D eigenvalue weighted by molar-refractivity contribution is 0.222. The molecule has 0 radical (unpaired) electrons. The second-order valence-corrected chi connectivity index (χ2v) is 7.45. The molecule has 0 spiro atoms. The van der Waals surface area contributed by atoms with E-state index in [4.69, 9.17) is 11.6 Å². The molecule has 25 heavy (non-hydrogen) atoms. The number of thioether (sulfide) groups is 1. The fourth-order valence-corrected chi connectivity index (χ4v) is 3.77. The van der Waals surface area contributed by atoms with Crippen LogP contribution in [0.15, 0.2) is 36.4 Å². The van der Waals surface area contributed by atoms with Gasteiger partial charge in [0.2, 0.25) is 0 Å². The average molecular weight is 379 g/mol. The van der Waals surface area contributed by atoms with E-state index in [-0.39, 0.29) is 10.4 Å². The van der Waals surface area contributed by atoms with Crippen molar-refractivity contribution < 1.29 is 9.90 Å². The van der Waals surface area contributed by atoms with Crippen molar-refractivity contribution >= 4 is 28.7 Å². The summed E-state index contributed by atoms with van der Waals surface area (Å²) < 4.78 is 0. The van der Waals surface area contributed by atoms with Gasteiger partial charge in [0.05, 0.1) is 5.69 Å². The molecule has 0 fully saturated rings. The first kappa shape index (κ1) is 19.7. The summed E-state index contributed by atoms with van der Waals surface area (Å²) in [6.45, 7) is 2.18. The number of carbonyl (C=O) groups is 1. The topological polar surface area (TPSA) is 63.1 Å². The monoisotopic (exact) mass is 378 g/mol. The number of hydrogen-bond donors (Lipinski definition) is 1. The second-order valence-electron chi connectivity index (χ2n) is 5.91. The Morgan fingerprint density at radius 1 is 1.16 bits per heavy atom. The normalized spacial score (nSPS) is 12.1. The van der Waals surface area contributed by atoms with Crippen LogP contribution < -0.4 is 0 Å². The van der Waals surface area contributed by atoms with Crippen molar-refractivity contribution in [3.63, 3.8) is 0 Å². The second kappa shape index (κ2) is 10.4. The summed E-state index contributed by atoms with van der Waals surface area (Å²) in [6.07, 6.45) is 6.46. The minimum Gasteiger partial charge on any atom is -0.473 e. The third kappa shape index (κ3) is 6.33. The summed E-state index contributed by atoms with van der Waals surface area (Å²) >= 11 is 6.98. The Morgan fingerprint density at radius 2 is 1.88 bits per heavy atom. The van der Waals surface area contributed by atoms with Crippen molar-refractivity contribution in [2.75, 3.05) is 0 Å². The van der Waals surface area contributed by atoms with E-state index >= 15 is 0 Å². The molecule has 1 aromatic heterocycles. The van der Waals surface area contributed by atoms with E-state index in [1.807, 2.05) is 30.3 Å². The van der Waals surface area contributed by atoms with Crippen LogP contribution >= 0.6 is 23.4 Å². The first-order chi connectivity index (χ1) is 12.1. The first-order valence-electron chi connectivity index (χ1n) is 8.60. The molecule has 1 atom stereocenters. The number of halogens is 1. The number of benzene rings is 1. The molecule has 2 rings (SSSR count). The Bertz CT molecular complexity index is 682. The maximum absolute atomic E-state index is 11.3. The highest BCUT2D eigenvalue weighted by Gasteiger charge is 2.22. The van der Waals surface area contributed by atoms with E-state index in [0.29, 0.717) is 5.69 Å². The third-order valence-corrected chi connectivity index (χ3v) is 5.16. The zero-order valence-electron chi connectivity index (χ0n) is 14.3. The number of rotatable bonds is 9. The summed E-state index contributed by atoms with van der Waals surface area (Å²) in [5.74, 6) is 0. The summed E-state index contributed by atoms with van der Waals surface area (Å²) in [5, 5.41) is 16.7. The summed E-state index contributed by atoms with van der Waals surface area (Å²) in [7, 11) is 0. The van der Waals surface area contributed by atoms with Crippen molar-refractivity contribution in [1.29, 1.82) is 0 Å².